The van der Waals surface area contributed by atoms with E-state index < -0.39 is 5.97 Å². The average Bonchev–Trinajstić information content (AvgIpc) is 2.79. The number of nitrogens with zero attached hydrogens (tertiary/aromatic N) is 1. The summed E-state index contributed by atoms with van der Waals surface area (Å²) < 4.78 is 6.22. The van der Waals surface area contributed by atoms with Crippen molar-refractivity contribution >= 4 is 23.4 Å². The molecule has 19 heavy (non-hydrogen) atoms. The van der Waals surface area contributed by atoms with Crippen molar-refractivity contribution in [2.45, 2.75) is 0 Å². The van der Waals surface area contributed by atoms with Crippen LogP contribution in [-0.2, 0) is 11.8 Å². The molecule has 0 bridgehead atoms. The molecule has 0 aliphatic rings. The molecule has 98 valence electrons. The van der Waals surface area contributed by atoms with Crippen LogP contribution in [0.1, 0.15) is 26.4 Å². The van der Waals surface area contributed by atoms with Crippen molar-refractivity contribution in [1.29, 1.82) is 0 Å². The van der Waals surface area contributed by atoms with E-state index in [1.807, 2.05) is 0 Å². The topological polar surface area (TPSA) is 48.3 Å². The number of aryl methyl sites for hydroxylation is 1. The number of carbonyl (C=O) groups is 2. The van der Waals surface area contributed by atoms with Crippen LogP contribution in [0, 0.1) is 0 Å². The predicted molar refractivity (Wildman–Crippen MR) is 71.6 cm³/mol. The first-order valence-corrected chi connectivity index (χ1v) is 5.95. The number of ether oxygens (including phenoxy) is 1. The van der Waals surface area contributed by atoms with Crippen LogP contribution in [0.15, 0.2) is 36.5 Å². The number of hydrogen-bond acceptors (Lipinski definition) is 3. The lowest BCUT2D eigenvalue weighted by Gasteiger charge is -2.02. The van der Waals surface area contributed by atoms with E-state index in [0.29, 0.717) is 21.8 Å². The van der Waals surface area contributed by atoms with Crippen molar-refractivity contribution in [3.63, 3.8) is 0 Å². The molecular formula is C14H12ClNO3. The Balaban J connectivity index is 2.39. The maximum Gasteiger partial charge on any atom is 0.339 e. The summed E-state index contributed by atoms with van der Waals surface area (Å²) >= 11 is 5.86. The summed E-state index contributed by atoms with van der Waals surface area (Å²) in [4.78, 5) is 23.7. The van der Waals surface area contributed by atoms with E-state index in [0.717, 1.165) is 0 Å². The molecule has 0 fully saturated rings. The molecule has 2 rings (SSSR count). The van der Waals surface area contributed by atoms with Crippen LogP contribution in [0.3, 0.4) is 0 Å². The number of halogens is 1. The van der Waals surface area contributed by atoms with E-state index in [-0.39, 0.29) is 5.78 Å². The first-order chi connectivity index (χ1) is 9.02. The highest BCUT2D eigenvalue weighted by molar-refractivity contribution is 6.31. The quantitative estimate of drug-likeness (QED) is 0.640. The zero-order chi connectivity index (χ0) is 14.0. The van der Waals surface area contributed by atoms with Gasteiger partial charge in [-0.05, 0) is 18.2 Å². The molecule has 0 N–H and O–H groups in total. The van der Waals surface area contributed by atoms with Crippen LogP contribution in [0.4, 0.5) is 0 Å². The van der Waals surface area contributed by atoms with Gasteiger partial charge < -0.3 is 9.30 Å². The normalized spacial score (nSPS) is 10.3. The largest absolute Gasteiger partial charge is 0.465 e. The summed E-state index contributed by atoms with van der Waals surface area (Å²) in [5, 5.41) is 0.494. The molecule has 4 nitrogen and oxygen atoms in total. The average molecular weight is 278 g/mol. The molecule has 0 aliphatic heterocycles. The highest BCUT2D eigenvalue weighted by Crippen LogP contribution is 2.17. The Labute approximate surface area is 115 Å². The second-order valence-electron chi connectivity index (χ2n) is 4.06. The number of esters is 1. The Kier molecular flexibility index (Phi) is 3.71. The van der Waals surface area contributed by atoms with Gasteiger partial charge in [0.15, 0.2) is 0 Å². The van der Waals surface area contributed by atoms with Crippen molar-refractivity contribution in [2.75, 3.05) is 7.11 Å². The summed E-state index contributed by atoms with van der Waals surface area (Å²) in [5.74, 6) is -0.666. The maximum atomic E-state index is 12.3. The van der Waals surface area contributed by atoms with Gasteiger partial charge in [-0.1, -0.05) is 23.7 Å². The molecular weight excluding hydrogens is 266 g/mol. The summed E-state index contributed by atoms with van der Waals surface area (Å²) in [7, 11) is 3.00. The van der Waals surface area contributed by atoms with Gasteiger partial charge in [0.05, 0.1) is 18.4 Å². The summed E-state index contributed by atoms with van der Waals surface area (Å²) in [5.41, 5.74) is 1.23. The first-order valence-electron chi connectivity index (χ1n) is 5.58. The van der Waals surface area contributed by atoms with Crippen molar-refractivity contribution in [3.05, 3.63) is 58.4 Å². The maximum absolute atomic E-state index is 12.3. The second kappa shape index (κ2) is 5.28. The van der Waals surface area contributed by atoms with Gasteiger partial charge in [-0.2, -0.15) is 0 Å². The second-order valence-corrected chi connectivity index (χ2v) is 4.49. The van der Waals surface area contributed by atoms with Crippen LogP contribution < -0.4 is 0 Å². The lowest BCUT2D eigenvalue weighted by molar-refractivity contribution is 0.0600. The number of ketones is 1. The number of aromatic nitrogens is 1. The van der Waals surface area contributed by atoms with Gasteiger partial charge in [0, 0.05) is 23.8 Å². The van der Waals surface area contributed by atoms with Crippen LogP contribution in [-0.4, -0.2) is 23.4 Å². The molecule has 0 atom stereocenters. The minimum Gasteiger partial charge on any atom is -0.465 e. The highest BCUT2D eigenvalue weighted by Gasteiger charge is 2.17. The van der Waals surface area contributed by atoms with Crippen molar-refractivity contribution < 1.29 is 14.3 Å². The summed E-state index contributed by atoms with van der Waals surface area (Å²) in [6, 6.07) is 8.19. The van der Waals surface area contributed by atoms with E-state index in [2.05, 4.69) is 4.74 Å². The minimum absolute atomic E-state index is 0.194. The van der Waals surface area contributed by atoms with Crippen LogP contribution >= 0.6 is 11.6 Å². The molecule has 0 unspecified atom stereocenters. The number of methoxy groups -OCH3 is 1. The smallest absolute Gasteiger partial charge is 0.339 e. The highest BCUT2D eigenvalue weighted by atomic mass is 35.5. The third-order valence-electron chi connectivity index (χ3n) is 2.75. The molecule has 0 amide bonds. The Bertz CT molecular complexity index is 646. The van der Waals surface area contributed by atoms with E-state index in [1.54, 1.807) is 42.1 Å². The van der Waals surface area contributed by atoms with E-state index in [9.17, 15) is 9.59 Å². The van der Waals surface area contributed by atoms with Gasteiger partial charge in [-0.3, -0.25) is 4.79 Å². The summed E-state index contributed by atoms with van der Waals surface area (Å²) in [6.45, 7) is 0. The van der Waals surface area contributed by atoms with Crippen molar-refractivity contribution in [2.24, 2.45) is 7.05 Å². The monoisotopic (exact) mass is 277 g/mol. The molecule has 0 spiro atoms. The molecule has 1 heterocycles. The first kappa shape index (κ1) is 13.4. The molecule has 1 aromatic heterocycles. The third kappa shape index (κ3) is 2.69. The van der Waals surface area contributed by atoms with Gasteiger partial charge in [0.1, 0.15) is 0 Å². The zero-order valence-corrected chi connectivity index (χ0v) is 11.3. The lowest BCUT2D eigenvalue weighted by atomic mass is 10.1. The third-order valence-corrected chi connectivity index (χ3v) is 2.98. The fourth-order valence-electron chi connectivity index (χ4n) is 1.80. The molecule has 0 saturated carbocycles. The molecule has 2 aromatic rings. The SMILES string of the molecule is COC(=O)c1cc(C(=O)c2cccc(Cl)c2)n(C)c1. The predicted octanol–water partition coefficient (Wildman–Crippen LogP) is 2.70. The summed E-state index contributed by atoms with van der Waals surface area (Å²) in [6.07, 6.45) is 1.56. The van der Waals surface area contributed by atoms with Crippen LogP contribution in [0.2, 0.25) is 5.02 Å². The number of hydrogen-bond donors (Lipinski definition) is 0. The Morgan fingerprint density at radius 3 is 2.58 bits per heavy atom. The molecule has 5 heteroatoms. The van der Waals surface area contributed by atoms with Crippen LogP contribution in [0.5, 0.6) is 0 Å². The Morgan fingerprint density at radius 1 is 1.21 bits per heavy atom. The standard InChI is InChI=1S/C14H12ClNO3/c1-16-8-10(14(18)19-2)7-12(16)13(17)9-4-3-5-11(15)6-9/h3-8H,1-2H3. The Morgan fingerprint density at radius 2 is 1.95 bits per heavy atom. The van der Waals surface area contributed by atoms with E-state index in [4.69, 9.17) is 11.6 Å². The van der Waals surface area contributed by atoms with E-state index in [1.165, 1.54) is 13.2 Å². The fourth-order valence-corrected chi connectivity index (χ4v) is 1.99. The van der Waals surface area contributed by atoms with Gasteiger partial charge in [0.2, 0.25) is 5.78 Å². The Hall–Kier alpha value is -2.07. The van der Waals surface area contributed by atoms with Gasteiger partial charge in [-0.25, -0.2) is 4.79 Å². The fraction of sp³-hybridized carbons (Fsp3) is 0.143. The lowest BCUT2D eigenvalue weighted by Crippen LogP contribution is -2.06. The van der Waals surface area contributed by atoms with E-state index >= 15 is 0 Å². The number of benzene rings is 1. The van der Waals surface area contributed by atoms with Crippen LogP contribution in [0.25, 0.3) is 0 Å². The molecule has 0 radical (unpaired) electrons. The van der Waals surface area contributed by atoms with Gasteiger partial charge in [0.25, 0.3) is 0 Å². The number of rotatable bonds is 3. The number of carbonyl (C=O) groups excluding carboxylic acids is 2. The molecule has 0 saturated heterocycles. The zero-order valence-electron chi connectivity index (χ0n) is 10.5. The minimum atomic E-state index is -0.472. The van der Waals surface area contributed by atoms with Gasteiger partial charge in [-0.15, -0.1) is 0 Å². The molecule has 1 aromatic carbocycles. The van der Waals surface area contributed by atoms with Gasteiger partial charge >= 0.3 is 5.97 Å². The molecule has 0 aliphatic carbocycles. The van der Waals surface area contributed by atoms with Crippen molar-refractivity contribution in [1.82, 2.24) is 4.57 Å². The van der Waals surface area contributed by atoms with Crippen molar-refractivity contribution in [3.8, 4) is 0 Å².